The number of nitrogens with one attached hydrogen (secondary N) is 1. The Labute approximate surface area is 89.3 Å². The summed E-state index contributed by atoms with van der Waals surface area (Å²) in [6.07, 6.45) is 16.8. The first-order valence-corrected chi connectivity index (χ1v) is 5.31. The van der Waals surface area contributed by atoms with Crippen molar-refractivity contribution in [2.75, 3.05) is 0 Å². The number of hydrogen-bond acceptors (Lipinski definition) is 2. The first-order valence-electron chi connectivity index (χ1n) is 5.31. The number of rotatable bonds is 0. The molecule has 0 saturated heterocycles. The molecule has 0 amide bonds. The Balaban J connectivity index is 2.11. The average molecular weight is 199 g/mol. The monoisotopic (exact) mass is 199 g/mol. The molecule has 15 heavy (non-hydrogen) atoms. The van der Waals surface area contributed by atoms with Gasteiger partial charge < -0.3 is 4.84 Å². The highest BCUT2D eigenvalue weighted by molar-refractivity contribution is 5.52. The molecule has 0 saturated carbocycles. The van der Waals surface area contributed by atoms with Crippen LogP contribution in [0, 0.1) is 0 Å². The molecule has 0 aromatic heterocycles. The fraction of sp³-hybridized carbons (Fsp3) is 0.231. The summed E-state index contributed by atoms with van der Waals surface area (Å²) in [5.74, 6) is 0. The van der Waals surface area contributed by atoms with Crippen LogP contribution in [-0.2, 0) is 4.84 Å². The smallest absolute Gasteiger partial charge is 0.118 e. The van der Waals surface area contributed by atoms with Crippen LogP contribution in [0.3, 0.4) is 0 Å². The number of hydroxylamine groups is 1. The maximum absolute atomic E-state index is 5.34. The van der Waals surface area contributed by atoms with E-state index in [9.17, 15) is 0 Å². The van der Waals surface area contributed by atoms with Crippen molar-refractivity contribution >= 4 is 0 Å². The van der Waals surface area contributed by atoms with Crippen LogP contribution in [0.4, 0.5) is 0 Å². The van der Waals surface area contributed by atoms with Crippen molar-refractivity contribution < 1.29 is 4.84 Å². The van der Waals surface area contributed by atoms with Gasteiger partial charge in [-0.2, -0.15) is 0 Å². The van der Waals surface area contributed by atoms with Gasteiger partial charge in [-0.15, -0.1) is 5.48 Å². The fourth-order valence-corrected chi connectivity index (χ4v) is 2.21. The zero-order valence-corrected chi connectivity index (χ0v) is 8.44. The first kappa shape index (κ1) is 8.74. The summed E-state index contributed by atoms with van der Waals surface area (Å²) in [4.78, 5) is 5.34. The van der Waals surface area contributed by atoms with Gasteiger partial charge in [-0.3, -0.25) is 0 Å². The van der Waals surface area contributed by atoms with Crippen LogP contribution in [0.5, 0.6) is 0 Å². The Kier molecular flexibility index (Phi) is 2.07. The minimum Gasteiger partial charge on any atom is -0.415 e. The average Bonchev–Trinajstić information content (AvgIpc) is 2.48. The molecule has 2 nitrogen and oxygen atoms in total. The van der Waals surface area contributed by atoms with Gasteiger partial charge in [-0.05, 0) is 24.0 Å². The number of fused-ring (bicyclic) bond motifs is 2. The van der Waals surface area contributed by atoms with Gasteiger partial charge in [0, 0.05) is 5.57 Å². The number of allylic oxidation sites excluding steroid dienone is 6. The van der Waals surface area contributed by atoms with Crippen LogP contribution in [0.15, 0.2) is 59.4 Å². The summed E-state index contributed by atoms with van der Waals surface area (Å²) in [6.45, 7) is 0. The van der Waals surface area contributed by atoms with Crippen LogP contribution in [0.25, 0.3) is 0 Å². The van der Waals surface area contributed by atoms with Gasteiger partial charge in [0.25, 0.3) is 0 Å². The van der Waals surface area contributed by atoms with Crippen LogP contribution < -0.4 is 5.48 Å². The van der Waals surface area contributed by atoms with Crippen molar-refractivity contribution in [1.29, 1.82) is 0 Å². The predicted octanol–water partition coefficient (Wildman–Crippen LogP) is 2.55. The van der Waals surface area contributed by atoms with Gasteiger partial charge in [0.15, 0.2) is 0 Å². The molecule has 2 aliphatic carbocycles. The highest BCUT2D eigenvalue weighted by Crippen LogP contribution is 2.31. The van der Waals surface area contributed by atoms with E-state index in [-0.39, 0.29) is 6.04 Å². The Morgan fingerprint density at radius 3 is 3.27 bits per heavy atom. The Morgan fingerprint density at radius 1 is 1.27 bits per heavy atom. The van der Waals surface area contributed by atoms with Gasteiger partial charge in [0.1, 0.15) is 6.26 Å². The molecule has 1 aliphatic heterocycles. The van der Waals surface area contributed by atoms with Crippen molar-refractivity contribution in [3.8, 4) is 0 Å². The minimum absolute atomic E-state index is 0.199. The second kappa shape index (κ2) is 3.55. The summed E-state index contributed by atoms with van der Waals surface area (Å²) in [5, 5.41) is 0. The van der Waals surface area contributed by atoms with Crippen LogP contribution >= 0.6 is 0 Å². The molecule has 1 N–H and O–H groups in total. The van der Waals surface area contributed by atoms with E-state index in [0.29, 0.717) is 0 Å². The molecule has 0 spiro atoms. The zero-order chi connectivity index (χ0) is 10.1. The molecule has 76 valence electrons. The fourth-order valence-electron chi connectivity index (χ4n) is 2.21. The highest BCUT2D eigenvalue weighted by atomic mass is 16.6. The normalized spacial score (nSPS) is 27.7. The largest absolute Gasteiger partial charge is 0.415 e. The Morgan fingerprint density at radius 2 is 2.27 bits per heavy atom. The SMILES string of the molecule is C1=CC2=C3CCC=CC3=CONC2C=C1. The lowest BCUT2D eigenvalue weighted by molar-refractivity contribution is 0.126. The van der Waals surface area contributed by atoms with Gasteiger partial charge in [0.05, 0.1) is 6.04 Å². The molecule has 1 atom stereocenters. The van der Waals surface area contributed by atoms with E-state index in [2.05, 4.69) is 41.9 Å². The zero-order valence-electron chi connectivity index (χ0n) is 8.44. The molecule has 0 fully saturated rings. The third-order valence-electron chi connectivity index (χ3n) is 2.96. The Hall–Kier alpha value is -1.54. The molecule has 0 radical (unpaired) electrons. The van der Waals surface area contributed by atoms with Crippen molar-refractivity contribution in [2.24, 2.45) is 0 Å². The molecule has 0 aromatic carbocycles. The predicted molar refractivity (Wildman–Crippen MR) is 59.8 cm³/mol. The molecule has 1 unspecified atom stereocenters. The van der Waals surface area contributed by atoms with Crippen LogP contribution in [-0.4, -0.2) is 6.04 Å². The molecule has 1 heterocycles. The molecule has 3 aliphatic rings. The van der Waals surface area contributed by atoms with E-state index in [1.165, 1.54) is 16.7 Å². The molecular weight excluding hydrogens is 186 g/mol. The first-order chi connectivity index (χ1) is 7.45. The molecule has 0 bridgehead atoms. The lowest BCUT2D eigenvalue weighted by atomic mass is 9.87. The van der Waals surface area contributed by atoms with Crippen LogP contribution in [0.2, 0.25) is 0 Å². The van der Waals surface area contributed by atoms with Gasteiger partial charge >= 0.3 is 0 Å². The van der Waals surface area contributed by atoms with E-state index >= 15 is 0 Å². The third-order valence-corrected chi connectivity index (χ3v) is 2.96. The van der Waals surface area contributed by atoms with Crippen molar-refractivity contribution in [2.45, 2.75) is 18.9 Å². The van der Waals surface area contributed by atoms with E-state index in [0.717, 1.165) is 12.8 Å². The second-order valence-corrected chi connectivity index (χ2v) is 3.91. The lowest BCUT2D eigenvalue weighted by Gasteiger charge is -2.19. The minimum atomic E-state index is 0.199. The van der Waals surface area contributed by atoms with Crippen molar-refractivity contribution in [3.63, 3.8) is 0 Å². The maximum Gasteiger partial charge on any atom is 0.118 e. The van der Waals surface area contributed by atoms with Crippen molar-refractivity contribution in [1.82, 2.24) is 5.48 Å². The van der Waals surface area contributed by atoms with Crippen molar-refractivity contribution in [3.05, 3.63) is 59.4 Å². The summed E-state index contributed by atoms with van der Waals surface area (Å²) >= 11 is 0. The quantitative estimate of drug-likeness (QED) is 0.647. The van der Waals surface area contributed by atoms with E-state index in [1.807, 2.05) is 0 Å². The summed E-state index contributed by atoms with van der Waals surface area (Å²) < 4.78 is 0. The van der Waals surface area contributed by atoms with Gasteiger partial charge in [0.2, 0.25) is 0 Å². The highest BCUT2D eigenvalue weighted by Gasteiger charge is 2.21. The van der Waals surface area contributed by atoms with E-state index in [1.54, 1.807) is 6.26 Å². The molecular formula is C13H13NO. The van der Waals surface area contributed by atoms with E-state index < -0.39 is 0 Å². The maximum atomic E-state index is 5.34. The van der Waals surface area contributed by atoms with Gasteiger partial charge in [-0.25, -0.2) is 0 Å². The Bertz CT molecular complexity index is 424. The second-order valence-electron chi connectivity index (χ2n) is 3.91. The van der Waals surface area contributed by atoms with E-state index in [4.69, 9.17) is 4.84 Å². The van der Waals surface area contributed by atoms with Crippen LogP contribution in [0.1, 0.15) is 12.8 Å². The summed E-state index contributed by atoms with van der Waals surface area (Å²) in [6, 6.07) is 0.199. The standard InChI is InChI=1S/C13H13NO/c1-2-6-11-10(5-1)9-15-14-13-8-4-3-7-12(11)13/h1,3-5,7-9,13-14H,2,6H2. The third kappa shape index (κ3) is 1.47. The topological polar surface area (TPSA) is 21.3 Å². The molecule has 3 rings (SSSR count). The number of hydrogen-bond donors (Lipinski definition) is 1. The summed E-state index contributed by atoms with van der Waals surface area (Å²) in [5.41, 5.74) is 6.98. The molecule has 0 aromatic rings. The molecule has 2 heteroatoms. The summed E-state index contributed by atoms with van der Waals surface area (Å²) in [7, 11) is 0. The van der Waals surface area contributed by atoms with Gasteiger partial charge in [-0.1, -0.05) is 36.5 Å². The lowest BCUT2D eigenvalue weighted by Crippen LogP contribution is -2.27.